The van der Waals surface area contributed by atoms with Crippen molar-refractivity contribution in [2.75, 3.05) is 54.0 Å². The molecule has 0 saturated carbocycles. The first-order valence-electron chi connectivity index (χ1n) is 8.25. The molecule has 1 aromatic rings. The Labute approximate surface area is 164 Å². The minimum absolute atomic E-state index is 0. The van der Waals surface area contributed by atoms with Crippen molar-refractivity contribution < 1.29 is 4.74 Å². The van der Waals surface area contributed by atoms with Gasteiger partial charge >= 0.3 is 0 Å². The van der Waals surface area contributed by atoms with Crippen LogP contribution < -0.4 is 10.6 Å². The van der Waals surface area contributed by atoms with Crippen molar-refractivity contribution in [3.63, 3.8) is 0 Å². The second-order valence-electron chi connectivity index (χ2n) is 5.99. The summed E-state index contributed by atoms with van der Waals surface area (Å²) < 4.78 is 5.08. The Morgan fingerprint density at radius 2 is 1.88 bits per heavy atom. The van der Waals surface area contributed by atoms with E-state index in [-0.39, 0.29) is 24.0 Å². The third-order valence-corrected chi connectivity index (χ3v) is 3.91. The summed E-state index contributed by atoms with van der Waals surface area (Å²) in [5.41, 5.74) is 2.64. The van der Waals surface area contributed by atoms with E-state index in [9.17, 15) is 0 Å². The van der Waals surface area contributed by atoms with E-state index < -0.39 is 0 Å². The van der Waals surface area contributed by atoms with Gasteiger partial charge in [-0.05, 0) is 25.5 Å². The molecule has 1 aromatic carbocycles. The summed E-state index contributed by atoms with van der Waals surface area (Å²) in [7, 11) is 5.63. The lowest BCUT2D eigenvalue weighted by Gasteiger charge is -2.19. The molecule has 0 spiro atoms. The molecule has 0 aromatic heterocycles. The van der Waals surface area contributed by atoms with Gasteiger partial charge in [0.2, 0.25) is 0 Å². The molecule has 0 aliphatic carbocycles. The van der Waals surface area contributed by atoms with E-state index in [2.05, 4.69) is 65.7 Å². The van der Waals surface area contributed by atoms with Crippen LogP contribution in [0.3, 0.4) is 0 Å². The second kappa shape index (κ2) is 13.4. The third-order valence-electron chi connectivity index (χ3n) is 3.91. The first-order valence-corrected chi connectivity index (χ1v) is 8.25. The van der Waals surface area contributed by atoms with Crippen LogP contribution in [0.2, 0.25) is 0 Å². The predicted molar refractivity (Wildman–Crippen MR) is 114 cm³/mol. The summed E-state index contributed by atoms with van der Waals surface area (Å²) in [4.78, 5) is 6.51. The fraction of sp³-hybridized carbons (Fsp3) is 0.611. The normalized spacial score (nSPS) is 12.7. The number of benzene rings is 1. The van der Waals surface area contributed by atoms with E-state index in [1.165, 1.54) is 11.1 Å². The molecule has 0 fully saturated rings. The molecule has 6 heteroatoms. The smallest absolute Gasteiger partial charge is 0.191 e. The number of nitrogens with one attached hydrogen (secondary N) is 2. The monoisotopic (exact) mass is 448 g/mol. The zero-order valence-corrected chi connectivity index (χ0v) is 18.0. The minimum Gasteiger partial charge on any atom is -0.383 e. The van der Waals surface area contributed by atoms with E-state index in [0.717, 1.165) is 38.7 Å². The van der Waals surface area contributed by atoms with Gasteiger partial charge in [0.25, 0.3) is 0 Å². The molecule has 1 atom stereocenters. The van der Waals surface area contributed by atoms with Gasteiger partial charge in [0.05, 0.1) is 6.61 Å². The van der Waals surface area contributed by atoms with Gasteiger partial charge < -0.3 is 20.3 Å². The highest BCUT2D eigenvalue weighted by atomic mass is 127. The number of methoxy groups -OCH3 is 1. The number of guanidine groups is 1. The molecular weight excluding hydrogens is 415 g/mol. The molecule has 0 saturated heterocycles. The second-order valence-corrected chi connectivity index (χ2v) is 5.99. The average molecular weight is 448 g/mol. The highest BCUT2D eigenvalue weighted by molar-refractivity contribution is 14.0. The number of hydrogen-bond donors (Lipinski definition) is 2. The molecule has 0 heterocycles. The van der Waals surface area contributed by atoms with Gasteiger partial charge in [-0.25, -0.2) is 0 Å². The van der Waals surface area contributed by atoms with Crippen molar-refractivity contribution >= 4 is 29.9 Å². The lowest BCUT2D eigenvalue weighted by molar-refractivity contribution is 0.162. The first-order chi connectivity index (χ1) is 11.1. The summed E-state index contributed by atoms with van der Waals surface area (Å²) in [5.74, 6) is 1.29. The molecule has 5 nitrogen and oxygen atoms in total. The van der Waals surface area contributed by atoms with E-state index in [1.807, 2.05) is 0 Å². The summed E-state index contributed by atoms with van der Waals surface area (Å²) >= 11 is 0. The zero-order valence-electron chi connectivity index (χ0n) is 15.6. The molecular formula is C18H33IN4O. The van der Waals surface area contributed by atoms with Crippen LogP contribution in [-0.2, 0) is 4.74 Å². The Hall–Kier alpha value is -0.860. The maximum absolute atomic E-state index is 5.08. The minimum atomic E-state index is 0. The Morgan fingerprint density at radius 1 is 1.21 bits per heavy atom. The molecule has 1 unspecified atom stereocenters. The molecule has 2 N–H and O–H groups in total. The third kappa shape index (κ3) is 9.44. The summed E-state index contributed by atoms with van der Waals surface area (Å²) in [6.07, 6.45) is 0. The molecule has 1 rings (SSSR count). The van der Waals surface area contributed by atoms with Crippen molar-refractivity contribution in [1.82, 2.24) is 15.5 Å². The quantitative estimate of drug-likeness (QED) is 0.346. The van der Waals surface area contributed by atoms with Crippen LogP contribution in [-0.4, -0.2) is 64.9 Å². The van der Waals surface area contributed by atoms with Crippen LogP contribution >= 0.6 is 24.0 Å². The number of hydrogen-bond acceptors (Lipinski definition) is 3. The van der Waals surface area contributed by atoms with Crippen LogP contribution in [0.15, 0.2) is 29.3 Å². The van der Waals surface area contributed by atoms with Gasteiger partial charge in [0.15, 0.2) is 5.96 Å². The predicted octanol–water partition coefficient (Wildman–Crippen LogP) is 2.46. The maximum Gasteiger partial charge on any atom is 0.191 e. The van der Waals surface area contributed by atoms with Crippen molar-refractivity contribution in [2.45, 2.75) is 19.8 Å². The number of nitrogens with zero attached hydrogens (tertiary/aromatic N) is 2. The Balaban J connectivity index is 0.00000529. The lowest BCUT2D eigenvalue weighted by Crippen LogP contribution is -2.42. The van der Waals surface area contributed by atoms with Crippen LogP contribution in [0.4, 0.5) is 0 Å². The van der Waals surface area contributed by atoms with Crippen LogP contribution in [0.25, 0.3) is 0 Å². The topological polar surface area (TPSA) is 48.9 Å². The van der Waals surface area contributed by atoms with Gasteiger partial charge in [-0.15, -0.1) is 24.0 Å². The summed E-state index contributed by atoms with van der Waals surface area (Å²) in [5, 5.41) is 6.74. The Bertz CT molecular complexity index is 465. The fourth-order valence-corrected chi connectivity index (χ4v) is 2.21. The molecule has 24 heavy (non-hydrogen) atoms. The number of likely N-dealkylation sites (N-methyl/N-ethyl adjacent to an activating group) is 1. The van der Waals surface area contributed by atoms with Crippen LogP contribution in [0.5, 0.6) is 0 Å². The van der Waals surface area contributed by atoms with Gasteiger partial charge in [0, 0.05) is 40.3 Å². The van der Waals surface area contributed by atoms with Crippen molar-refractivity contribution in [3.05, 3.63) is 35.4 Å². The van der Waals surface area contributed by atoms with Gasteiger partial charge in [0.1, 0.15) is 0 Å². The molecule has 138 valence electrons. The van der Waals surface area contributed by atoms with Gasteiger partial charge in [-0.1, -0.05) is 36.8 Å². The molecule has 0 aliphatic heterocycles. The summed E-state index contributed by atoms with van der Waals surface area (Å²) in [6.45, 7) is 8.72. The van der Waals surface area contributed by atoms with E-state index >= 15 is 0 Å². The fourth-order valence-electron chi connectivity index (χ4n) is 2.21. The van der Waals surface area contributed by atoms with E-state index in [4.69, 9.17) is 4.74 Å². The average Bonchev–Trinajstić information content (AvgIpc) is 2.56. The Kier molecular flexibility index (Phi) is 13.0. The molecule has 0 amide bonds. The van der Waals surface area contributed by atoms with Crippen LogP contribution in [0, 0.1) is 6.92 Å². The van der Waals surface area contributed by atoms with Crippen molar-refractivity contribution in [3.8, 4) is 0 Å². The van der Waals surface area contributed by atoms with Crippen molar-refractivity contribution in [2.24, 2.45) is 4.99 Å². The van der Waals surface area contributed by atoms with Gasteiger partial charge in [-0.2, -0.15) is 0 Å². The number of aryl methyl sites for hydroxylation is 1. The highest BCUT2D eigenvalue weighted by Crippen LogP contribution is 2.14. The highest BCUT2D eigenvalue weighted by Gasteiger charge is 2.06. The molecule has 0 aliphatic rings. The first kappa shape index (κ1) is 23.1. The number of aliphatic imine (C=N–C) groups is 1. The van der Waals surface area contributed by atoms with Gasteiger partial charge in [-0.3, -0.25) is 4.99 Å². The standard InChI is InChI=1S/C18H32N4O.HI/c1-15-6-8-17(9-7-15)16(2)14-21-18(19-3)20-10-11-22(4)12-13-23-5;/h6-9,16H,10-14H2,1-5H3,(H2,19,20,21);1H. The lowest BCUT2D eigenvalue weighted by atomic mass is 10.0. The SMILES string of the molecule is CN=C(NCCN(C)CCOC)NCC(C)c1ccc(C)cc1.I. The Morgan fingerprint density at radius 3 is 2.46 bits per heavy atom. The van der Waals surface area contributed by atoms with E-state index in [1.54, 1.807) is 14.2 Å². The number of rotatable bonds is 9. The zero-order chi connectivity index (χ0) is 17.1. The molecule has 0 bridgehead atoms. The van der Waals surface area contributed by atoms with Crippen LogP contribution in [0.1, 0.15) is 24.0 Å². The van der Waals surface area contributed by atoms with E-state index in [0.29, 0.717) is 5.92 Å². The number of halogens is 1. The maximum atomic E-state index is 5.08. The number of ether oxygens (including phenoxy) is 1. The largest absolute Gasteiger partial charge is 0.383 e. The van der Waals surface area contributed by atoms with Crippen molar-refractivity contribution in [1.29, 1.82) is 0 Å². The molecule has 0 radical (unpaired) electrons. The summed E-state index contributed by atoms with van der Waals surface area (Å²) in [6, 6.07) is 8.72.